The number of amides is 1. The molecule has 0 atom stereocenters. The number of benzene rings is 1. The van der Waals surface area contributed by atoms with Crippen LogP contribution in [0.1, 0.15) is 39.2 Å². The average molecular weight is 512 g/mol. The van der Waals surface area contributed by atoms with Gasteiger partial charge in [0, 0.05) is 50.2 Å². The molecule has 200 valence electrons. The number of carbonyl (C=O) groups is 2. The number of nitrogens with zero attached hydrogens (tertiary/aromatic N) is 2. The summed E-state index contributed by atoms with van der Waals surface area (Å²) in [5, 5.41) is 15.7. The van der Waals surface area contributed by atoms with Crippen LogP contribution >= 0.6 is 0 Å². The molecule has 2 N–H and O–H groups in total. The molecule has 0 aliphatic rings. The standard InChI is InChI=1S/C25H32F3N3O3.CH4O/c1-5-8-22(17-32)9-6-7-15-29-24(33)19(2)20(3)31(4)30-16-14-21-10-12-23(13-11-21)34-25(27,28)18-26;1-2/h6,8-13,16-17H,5,7,14-15,18H2,1-4H3,(H,29,33);2H,1H3/b9-6-,20-19+,22-8+,30-16+;. The summed E-state index contributed by atoms with van der Waals surface area (Å²) in [6.07, 6.45) is 5.77. The van der Waals surface area contributed by atoms with Crippen LogP contribution in [0.2, 0.25) is 0 Å². The van der Waals surface area contributed by atoms with Gasteiger partial charge < -0.3 is 15.2 Å². The number of aldehydes is 1. The van der Waals surface area contributed by atoms with Crippen molar-refractivity contribution in [1.82, 2.24) is 10.3 Å². The van der Waals surface area contributed by atoms with E-state index in [0.717, 1.165) is 25.4 Å². The number of halogens is 3. The van der Waals surface area contributed by atoms with E-state index in [1.807, 2.05) is 19.1 Å². The molecule has 7 nitrogen and oxygen atoms in total. The molecule has 0 aliphatic heterocycles. The van der Waals surface area contributed by atoms with Gasteiger partial charge >= 0.3 is 6.11 Å². The minimum absolute atomic E-state index is 0.127. The highest BCUT2D eigenvalue weighted by Gasteiger charge is 2.31. The van der Waals surface area contributed by atoms with E-state index in [0.29, 0.717) is 36.2 Å². The number of rotatable bonds is 14. The first kappa shape index (κ1) is 32.6. The SMILES string of the molecule is CC/C=C(C=O)\C=C/CCNC(=O)/C(C)=C(\C)N(C)/N=C/Cc1ccc(OC(F)(F)CF)cc1.CO. The summed E-state index contributed by atoms with van der Waals surface area (Å²) in [5.74, 6) is -0.341. The van der Waals surface area contributed by atoms with E-state index in [9.17, 15) is 22.8 Å². The van der Waals surface area contributed by atoms with E-state index in [-0.39, 0.29) is 11.7 Å². The van der Waals surface area contributed by atoms with Gasteiger partial charge in [0.25, 0.3) is 0 Å². The molecule has 0 fully saturated rings. The van der Waals surface area contributed by atoms with Crippen LogP contribution in [0.4, 0.5) is 13.2 Å². The lowest BCUT2D eigenvalue weighted by Crippen LogP contribution is -2.27. The van der Waals surface area contributed by atoms with Crippen LogP contribution in [0.5, 0.6) is 5.75 Å². The van der Waals surface area contributed by atoms with Gasteiger partial charge in [-0.25, -0.2) is 4.39 Å². The molecule has 1 rings (SSSR count). The van der Waals surface area contributed by atoms with Crippen LogP contribution < -0.4 is 10.1 Å². The highest BCUT2D eigenvalue weighted by molar-refractivity contribution is 5.93. The molecule has 0 aromatic heterocycles. The number of aliphatic hydroxyl groups excluding tert-OH is 1. The molecule has 0 unspecified atom stereocenters. The number of ether oxygens (including phenoxy) is 1. The van der Waals surface area contributed by atoms with Crippen molar-refractivity contribution >= 4 is 18.4 Å². The van der Waals surface area contributed by atoms with Crippen molar-refractivity contribution in [2.45, 2.75) is 46.1 Å². The Kier molecular flexibility index (Phi) is 16.3. The number of carbonyl (C=O) groups excluding carboxylic acids is 2. The molecule has 1 amide bonds. The predicted octanol–water partition coefficient (Wildman–Crippen LogP) is 4.59. The number of hydrogen-bond donors (Lipinski definition) is 2. The molecule has 0 heterocycles. The Morgan fingerprint density at radius 3 is 2.42 bits per heavy atom. The van der Waals surface area contributed by atoms with Gasteiger partial charge in [-0.1, -0.05) is 37.3 Å². The molecule has 0 bridgehead atoms. The molecule has 10 heteroatoms. The predicted molar refractivity (Wildman–Crippen MR) is 136 cm³/mol. The minimum atomic E-state index is -3.84. The molecule has 36 heavy (non-hydrogen) atoms. The van der Waals surface area contributed by atoms with Crippen molar-refractivity contribution in [2.24, 2.45) is 5.10 Å². The molecule has 0 radical (unpaired) electrons. The highest BCUT2D eigenvalue weighted by atomic mass is 19.3. The number of hydrazone groups is 1. The second-order valence-corrected chi connectivity index (χ2v) is 7.43. The molecule has 0 spiro atoms. The van der Waals surface area contributed by atoms with Crippen molar-refractivity contribution < 1.29 is 32.6 Å². The van der Waals surface area contributed by atoms with Gasteiger partial charge in [-0.05, 0) is 44.4 Å². The van der Waals surface area contributed by atoms with Crippen LogP contribution in [0, 0.1) is 0 Å². The fourth-order valence-electron chi connectivity index (χ4n) is 2.67. The van der Waals surface area contributed by atoms with E-state index < -0.39 is 12.8 Å². The monoisotopic (exact) mass is 511 g/mol. The van der Waals surface area contributed by atoms with E-state index in [1.54, 1.807) is 50.3 Å². The lowest BCUT2D eigenvalue weighted by atomic mass is 10.1. The van der Waals surface area contributed by atoms with Crippen molar-refractivity contribution in [3.63, 3.8) is 0 Å². The van der Waals surface area contributed by atoms with Crippen molar-refractivity contribution in [3.8, 4) is 5.75 Å². The fourth-order valence-corrected chi connectivity index (χ4v) is 2.67. The minimum Gasteiger partial charge on any atom is -0.431 e. The zero-order valence-electron chi connectivity index (χ0n) is 21.4. The lowest BCUT2D eigenvalue weighted by molar-refractivity contribution is -0.186. The smallest absolute Gasteiger partial charge is 0.427 e. The molecule has 0 saturated heterocycles. The summed E-state index contributed by atoms with van der Waals surface area (Å²) in [4.78, 5) is 23.2. The summed E-state index contributed by atoms with van der Waals surface area (Å²) in [6.45, 7) is 3.96. The van der Waals surface area contributed by atoms with Crippen molar-refractivity contribution in [2.75, 3.05) is 27.4 Å². The zero-order valence-corrected chi connectivity index (χ0v) is 21.4. The van der Waals surface area contributed by atoms with E-state index in [4.69, 9.17) is 5.11 Å². The molecule has 0 aliphatic carbocycles. The van der Waals surface area contributed by atoms with Crippen LogP contribution in [0.15, 0.2) is 64.4 Å². The maximum Gasteiger partial charge on any atom is 0.427 e. The largest absolute Gasteiger partial charge is 0.431 e. The Morgan fingerprint density at radius 1 is 1.22 bits per heavy atom. The number of allylic oxidation sites excluding steroid dienone is 4. The first-order chi connectivity index (χ1) is 17.1. The average Bonchev–Trinajstić information content (AvgIpc) is 2.88. The van der Waals surface area contributed by atoms with Gasteiger partial charge in [0.2, 0.25) is 5.91 Å². The van der Waals surface area contributed by atoms with Crippen molar-refractivity contribution in [3.05, 3.63) is 64.9 Å². The molecule has 0 saturated carbocycles. The molecule has 1 aromatic carbocycles. The van der Waals surface area contributed by atoms with Crippen LogP contribution in [0.25, 0.3) is 0 Å². The Balaban J connectivity index is 0.00000596. The number of alkyl halides is 3. The number of aliphatic hydroxyl groups is 1. The number of nitrogens with one attached hydrogen (secondary N) is 1. The van der Waals surface area contributed by atoms with Gasteiger partial charge in [-0.2, -0.15) is 13.9 Å². The Morgan fingerprint density at radius 2 is 1.86 bits per heavy atom. The van der Waals surface area contributed by atoms with Crippen LogP contribution in [-0.2, 0) is 16.0 Å². The summed E-state index contributed by atoms with van der Waals surface area (Å²) in [5.41, 5.74) is 2.58. The highest BCUT2D eigenvalue weighted by Crippen LogP contribution is 2.22. The third-order valence-electron chi connectivity index (χ3n) is 4.78. The second-order valence-electron chi connectivity index (χ2n) is 7.43. The van der Waals surface area contributed by atoms with E-state index in [1.165, 1.54) is 12.1 Å². The molecular weight excluding hydrogens is 475 g/mol. The maximum absolute atomic E-state index is 12.9. The van der Waals surface area contributed by atoms with Gasteiger partial charge in [-0.15, -0.1) is 0 Å². The van der Waals surface area contributed by atoms with Gasteiger partial charge in [0.1, 0.15) is 12.0 Å². The number of hydrogen-bond acceptors (Lipinski definition) is 6. The van der Waals surface area contributed by atoms with Gasteiger partial charge in [-0.3, -0.25) is 14.6 Å². The maximum atomic E-state index is 12.9. The van der Waals surface area contributed by atoms with Gasteiger partial charge in [0.05, 0.1) is 0 Å². The quantitative estimate of drug-likeness (QED) is 0.0952. The Bertz CT molecular complexity index is 927. The Hall–Kier alpha value is -3.40. The van der Waals surface area contributed by atoms with E-state index in [2.05, 4.69) is 15.2 Å². The topological polar surface area (TPSA) is 91.2 Å². The first-order valence-corrected chi connectivity index (χ1v) is 11.3. The lowest BCUT2D eigenvalue weighted by Gasteiger charge is -2.16. The normalized spacial score (nSPS) is 12.6. The summed E-state index contributed by atoms with van der Waals surface area (Å²) in [7, 11) is 2.71. The van der Waals surface area contributed by atoms with Crippen molar-refractivity contribution in [1.29, 1.82) is 0 Å². The Labute approximate surface area is 211 Å². The fraction of sp³-hybridized carbons (Fsp3) is 0.423. The summed E-state index contributed by atoms with van der Waals surface area (Å²) < 4.78 is 42.3. The summed E-state index contributed by atoms with van der Waals surface area (Å²) in [6, 6.07) is 5.85. The van der Waals surface area contributed by atoms with Crippen LogP contribution in [-0.4, -0.2) is 62.0 Å². The second kappa shape index (κ2) is 18.0. The third kappa shape index (κ3) is 12.9. The summed E-state index contributed by atoms with van der Waals surface area (Å²) >= 11 is 0. The third-order valence-corrected chi connectivity index (χ3v) is 4.78. The van der Waals surface area contributed by atoms with Crippen LogP contribution in [0.3, 0.4) is 0 Å². The first-order valence-electron chi connectivity index (χ1n) is 11.3. The van der Waals surface area contributed by atoms with Gasteiger partial charge in [0.15, 0.2) is 6.67 Å². The van der Waals surface area contributed by atoms with E-state index >= 15 is 0 Å². The molecular formula is C26H36F3N3O4. The zero-order chi connectivity index (χ0) is 27.6. The molecule has 1 aromatic rings.